The molecule has 2 fully saturated rings. The first-order chi connectivity index (χ1) is 11.3. The van der Waals surface area contributed by atoms with E-state index in [0.717, 1.165) is 39.0 Å². The van der Waals surface area contributed by atoms with Crippen LogP contribution in [0.3, 0.4) is 0 Å². The number of likely N-dealkylation sites (tertiary alicyclic amines) is 2. The van der Waals surface area contributed by atoms with Gasteiger partial charge in [0.2, 0.25) is 0 Å². The fourth-order valence-electron chi connectivity index (χ4n) is 3.56. The van der Waals surface area contributed by atoms with E-state index >= 15 is 0 Å². The summed E-state index contributed by atoms with van der Waals surface area (Å²) >= 11 is 1.77. The van der Waals surface area contributed by atoms with Crippen molar-refractivity contribution in [3.63, 3.8) is 0 Å². The number of aliphatic hydroxyl groups excluding tert-OH is 1. The molecule has 23 heavy (non-hydrogen) atoms. The minimum Gasteiger partial charge on any atom is -0.396 e. The van der Waals surface area contributed by atoms with E-state index in [9.17, 15) is 9.90 Å². The molecule has 2 saturated heterocycles. The first-order valence-corrected chi connectivity index (χ1v) is 9.57. The first-order valence-electron chi connectivity index (χ1n) is 8.69. The zero-order valence-electron chi connectivity index (χ0n) is 13.6. The fourth-order valence-corrected chi connectivity index (χ4v) is 4.42. The average molecular weight is 337 g/mol. The number of hydrogen-bond donors (Lipinski definition) is 2. The molecule has 1 aromatic heterocycles. The van der Waals surface area contributed by atoms with Gasteiger partial charge in [0.05, 0.1) is 6.04 Å². The van der Waals surface area contributed by atoms with Crippen LogP contribution in [-0.4, -0.2) is 60.3 Å². The average Bonchev–Trinajstić information content (AvgIpc) is 3.29. The molecule has 128 valence electrons. The lowest BCUT2D eigenvalue weighted by Gasteiger charge is -2.32. The Morgan fingerprint density at radius 3 is 2.65 bits per heavy atom. The Bertz CT molecular complexity index is 480. The highest BCUT2D eigenvalue weighted by Gasteiger charge is 2.26. The van der Waals surface area contributed by atoms with Crippen LogP contribution in [0.5, 0.6) is 0 Å². The van der Waals surface area contributed by atoms with Gasteiger partial charge >= 0.3 is 6.03 Å². The van der Waals surface area contributed by atoms with E-state index in [0.29, 0.717) is 18.5 Å². The van der Waals surface area contributed by atoms with E-state index in [4.69, 9.17) is 0 Å². The van der Waals surface area contributed by atoms with Crippen molar-refractivity contribution in [2.75, 3.05) is 39.3 Å². The molecule has 6 heteroatoms. The second-order valence-corrected chi connectivity index (χ2v) is 7.55. The van der Waals surface area contributed by atoms with Gasteiger partial charge in [-0.25, -0.2) is 4.79 Å². The van der Waals surface area contributed by atoms with Gasteiger partial charge in [0.15, 0.2) is 0 Å². The molecule has 2 N–H and O–H groups in total. The van der Waals surface area contributed by atoms with Gasteiger partial charge in [-0.05, 0) is 56.1 Å². The number of carbonyl (C=O) groups excluding carboxylic acids is 1. The molecule has 0 bridgehead atoms. The lowest BCUT2D eigenvalue weighted by Crippen LogP contribution is -2.47. The van der Waals surface area contributed by atoms with Crippen LogP contribution in [0.25, 0.3) is 0 Å². The van der Waals surface area contributed by atoms with Crippen LogP contribution in [0, 0.1) is 5.92 Å². The summed E-state index contributed by atoms with van der Waals surface area (Å²) in [6.07, 6.45) is 4.32. The Morgan fingerprint density at radius 1 is 1.30 bits per heavy atom. The van der Waals surface area contributed by atoms with Crippen molar-refractivity contribution >= 4 is 17.4 Å². The Hall–Kier alpha value is -1.11. The van der Waals surface area contributed by atoms with E-state index in [1.54, 1.807) is 11.3 Å². The maximum atomic E-state index is 12.4. The quantitative estimate of drug-likeness (QED) is 0.867. The molecule has 1 aromatic rings. The van der Waals surface area contributed by atoms with Gasteiger partial charge in [0, 0.05) is 31.1 Å². The number of nitrogens with one attached hydrogen (secondary N) is 1. The summed E-state index contributed by atoms with van der Waals surface area (Å²) < 4.78 is 0. The van der Waals surface area contributed by atoms with Gasteiger partial charge in [-0.15, -0.1) is 11.3 Å². The van der Waals surface area contributed by atoms with E-state index in [1.807, 2.05) is 4.90 Å². The van der Waals surface area contributed by atoms with Gasteiger partial charge in [-0.1, -0.05) is 6.07 Å². The number of thiophene rings is 1. The van der Waals surface area contributed by atoms with Crippen LogP contribution in [-0.2, 0) is 0 Å². The highest BCUT2D eigenvalue weighted by Crippen LogP contribution is 2.28. The predicted octanol–water partition coefficient (Wildman–Crippen LogP) is 2.30. The third-order valence-corrected chi connectivity index (χ3v) is 6.03. The van der Waals surface area contributed by atoms with Crippen molar-refractivity contribution in [1.29, 1.82) is 0 Å². The normalized spacial score (nSPS) is 21.5. The molecule has 0 radical (unpaired) electrons. The lowest BCUT2D eigenvalue weighted by molar-refractivity contribution is 0.135. The molecule has 5 nitrogen and oxygen atoms in total. The minimum atomic E-state index is 0.0437. The zero-order valence-corrected chi connectivity index (χ0v) is 14.4. The summed E-state index contributed by atoms with van der Waals surface area (Å²) in [5, 5.41) is 14.4. The van der Waals surface area contributed by atoms with Crippen LogP contribution in [0.1, 0.15) is 36.6 Å². The number of hydrogen-bond acceptors (Lipinski definition) is 4. The zero-order chi connectivity index (χ0) is 16.1. The van der Waals surface area contributed by atoms with Gasteiger partial charge in [-0.2, -0.15) is 0 Å². The number of urea groups is 1. The van der Waals surface area contributed by atoms with Crippen molar-refractivity contribution in [3.05, 3.63) is 22.4 Å². The van der Waals surface area contributed by atoms with Crippen molar-refractivity contribution < 1.29 is 9.90 Å². The molecule has 1 atom stereocenters. The number of amides is 2. The number of piperidine rings is 1. The molecule has 3 rings (SSSR count). The largest absolute Gasteiger partial charge is 0.396 e. The van der Waals surface area contributed by atoms with Gasteiger partial charge in [0.25, 0.3) is 0 Å². The molecule has 0 spiro atoms. The SMILES string of the molecule is O=C(NC[C@@H](c1cccs1)N1CCCC1)N1CCC(CO)CC1. The predicted molar refractivity (Wildman–Crippen MR) is 92.6 cm³/mol. The fraction of sp³-hybridized carbons (Fsp3) is 0.706. The molecule has 3 heterocycles. The second-order valence-electron chi connectivity index (χ2n) is 6.57. The molecular formula is C17H27N3O2S. The Labute approximate surface area is 142 Å². The molecule has 2 amide bonds. The third kappa shape index (κ3) is 4.25. The summed E-state index contributed by atoms with van der Waals surface area (Å²) in [5.41, 5.74) is 0. The van der Waals surface area contributed by atoms with Crippen molar-refractivity contribution in [2.45, 2.75) is 31.7 Å². The van der Waals surface area contributed by atoms with Crippen LogP contribution in [0.2, 0.25) is 0 Å². The number of rotatable bonds is 5. The Balaban J connectivity index is 1.53. The standard InChI is InChI=1S/C17H27N3O2S/c21-13-14-5-9-20(10-6-14)17(22)18-12-15(16-4-3-11-23-16)19-7-1-2-8-19/h3-4,11,14-15,21H,1-2,5-10,12-13H2,(H,18,22)/t15-/m0/s1. The van der Waals surface area contributed by atoms with Gasteiger partial charge in [-0.3, -0.25) is 4.90 Å². The van der Waals surface area contributed by atoms with Gasteiger partial charge < -0.3 is 15.3 Å². The van der Waals surface area contributed by atoms with E-state index in [-0.39, 0.29) is 12.6 Å². The maximum absolute atomic E-state index is 12.4. The second kappa shape index (κ2) is 8.13. The van der Waals surface area contributed by atoms with Crippen LogP contribution in [0.4, 0.5) is 4.79 Å². The minimum absolute atomic E-state index is 0.0437. The van der Waals surface area contributed by atoms with Crippen molar-refractivity contribution in [1.82, 2.24) is 15.1 Å². The first kappa shape index (κ1) is 16.7. The maximum Gasteiger partial charge on any atom is 0.317 e. The number of aliphatic hydroxyl groups is 1. The smallest absolute Gasteiger partial charge is 0.317 e. The summed E-state index contributed by atoms with van der Waals surface area (Å²) in [6.45, 7) is 4.68. The molecule has 0 aliphatic carbocycles. The molecule has 2 aliphatic heterocycles. The number of nitrogens with zero attached hydrogens (tertiary/aromatic N) is 2. The molecule has 0 aromatic carbocycles. The third-order valence-electron chi connectivity index (χ3n) is 5.06. The van der Waals surface area contributed by atoms with Gasteiger partial charge in [0.1, 0.15) is 0 Å². The number of carbonyl (C=O) groups is 1. The highest BCUT2D eigenvalue weighted by atomic mass is 32.1. The monoisotopic (exact) mass is 337 g/mol. The van der Waals surface area contributed by atoms with E-state index in [1.165, 1.54) is 17.7 Å². The lowest BCUT2D eigenvalue weighted by atomic mass is 9.98. The summed E-state index contributed by atoms with van der Waals surface area (Å²) in [6, 6.07) is 4.61. The van der Waals surface area contributed by atoms with E-state index < -0.39 is 0 Å². The highest BCUT2D eigenvalue weighted by molar-refractivity contribution is 7.10. The molecular weight excluding hydrogens is 310 g/mol. The summed E-state index contributed by atoms with van der Waals surface area (Å²) in [4.78, 5) is 18.1. The van der Waals surface area contributed by atoms with Crippen molar-refractivity contribution in [3.8, 4) is 0 Å². The Kier molecular flexibility index (Phi) is 5.91. The summed E-state index contributed by atoms with van der Waals surface area (Å²) in [7, 11) is 0. The van der Waals surface area contributed by atoms with Crippen LogP contribution in [0.15, 0.2) is 17.5 Å². The topological polar surface area (TPSA) is 55.8 Å². The molecule has 2 aliphatic rings. The molecule has 0 saturated carbocycles. The summed E-state index contributed by atoms with van der Waals surface area (Å²) in [5.74, 6) is 0.363. The van der Waals surface area contributed by atoms with Crippen LogP contribution >= 0.6 is 11.3 Å². The molecule has 0 unspecified atom stereocenters. The van der Waals surface area contributed by atoms with Crippen molar-refractivity contribution in [2.24, 2.45) is 5.92 Å². The van der Waals surface area contributed by atoms with Crippen LogP contribution < -0.4 is 5.32 Å². The Morgan fingerprint density at radius 2 is 2.04 bits per heavy atom. The van der Waals surface area contributed by atoms with E-state index in [2.05, 4.69) is 27.7 Å².